The number of esters is 2. The molecule has 0 saturated carbocycles. The van der Waals surface area contributed by atoms with Crippen LogP contribution in [0.3, 0.4) is 0 Å². The van der Waals surface area contributed by atoms with E-state index in [0.717, 1.165) is 62.1 Å². The average Bonchev–Trinajstić information content (AvgIpc) is 2.83. The van der Waals surface area contributed by atoms with E-state index < -0.39 is 11.9 Å². The van der Waals surface area contributed by atoms with Gasteiger partial charge in [0.2, 0.25) is 0 Å². The Morgan fingerprint density at radius 1 is 0.750 bits per heavy atom. The number of carbonyl (C=O) groups excluding carboxylic acids is 2. The molecule has 0 spiro atoms. The van der Waals surface area contributed by atoms with E-state index in [1.54, 1.807) is 6.07 Å². The van der Waals surface area contributed by atoms with E-state index in [2.05, 4.69) is 27.7 Å². The molecule has 0 aliphatic carbocycles. The van der Waals surface area contributed by atoms with Crippen molar-refractivity contribution in [2.75, 3.05) is 13.2 Å². The molecule has 2 atom stereocenters. The monoisotopic (exact) mass is 440 g/mol. The summed E-state index contributed by atoms with van der Waals surface area (Å²) in [5.41, 5.74) is 0.612. The molecule has 0 fully saturated rings. The standard InChI is InChI=1S/C28H40O4/c1-5-9-13-21(7-3)19-31-27(29)25-18-17-23-15-11-12-16-24(23)26(25)28(30)32-20-22(8-4)14-10-6-2/h11-12,15-18,21-22H,5-10,13-14,19-20H2,1-4H3. The molecule has 0 radical (unpaired) electrons. The third-order valence-electron chi connectivity index (χ3n) is 6.34. The van der Waals surface area contributed by atoms with Crippen LogP contribution in [0.25, 0.3) is 10.8 Å². The highest BCUT2D eigenvalue weighted by Gasteiger charge is 2.24. The van der Waals surface area contributed by atoms with Gasteiger partial charge in [0.15, 0.2) is 0 Å². The molecule has 4 heteroatoms. The molecule has 2 unspecified atom stereocenters. The molecular weight excluding hydrogens is 400 g/mol. The summed E-state index contributed by atoms with van der Waals surface area (Å²) in [6.07, 6.45) is 8.52. The summed E-state index contributed by atoms with van der Waals surface area (Å²) in [5, 5.41) is 1.63. The van der Waals surface area contributed by atoms with Crippen LogP contribution >= 0.6 is 0 Å². The largest absolute Gasteiger partial charge is 0.462 e. The molecule has 0 heterocycles. The third-order valence-corrected chi connectivity index (χ3v) is 6.34. The zero-order valence-corrected chi connectivity index (χ0v) is 20.3. The Bertz CT molecular complexity index is 858. The fourth-order valence-corrected chi connectivity index (χ4v) is 3.99. The molecular formula is C28H40O4. The first-order valence-electron chi connectivity index (χ1n) is 12.4. The van der Waals surface area contributed by atoms with Crippen molar-refractivity contribution >= 4 is 22.7 Å². The predicted molar refractivity (Wildman–Crippen MR) is 131 cm³/mol. The maximum atomic E-state index is 13.2. The van der Waals surface area contributed by atoms with Crippen LogP contribution in [-0.2, 0) is 9.47 Å². The average molecular weight is 441 g/mol. The molecule has 0 saturated heterocycles. The van der Waals surface area contributed by atoms with E-state index in [4.69, 9.17) is 9.47 Å². The van der Waals surface area contributed by atoms with Gasteiger partial charge in [0.25, 0.3) is 0 Å². The first-order chi connectivity index (χ1) is 15.5. The molecule has 0 aromatic heterocycles. The van der Waals surface area contributed by atoms with Crippen LogP contribution in [0.4, 0.5) is 0 Å². The number of ether oxygens (including phenoxy) is 2. The van der Waals surface area contributed by atoms with Gasteiger partial charge in [-0.1, -0.05) is 96.6 Å². The Morgan fingerprint density at radius 3 is 1.88 bits per heavy atom. The van der Waals surface area contributed by atoms with Crippen molar-refractivity contribution in [1.82, 2.24) is 0 Å². The zero-order chi connectivity index (χ0) is 23.3. The molecule has 32 heavy (non-hydrogen) atoms. The number of benzene rings is 2. The van der Waals surface area contributed by atoms with Crippen molar-refractivity contribution in [2.24, 2.45) is 11.8 Å². The quantitative estimate of drug-likeness (QED) is 0.284. The van der Waals surface area contributed by atoms with Gasteiger partial charge in [0.05, 0.1) is 24.3 Å². The molecule has 2 aromatic carbocycles. The van der Waals surface area contributed by atoms with E-state index >= 15 is 0 Å². The molecule has 0 N–H and O–H groups in total. The van der Waals surface area contributed by atoms with Gasteiger partial charge in [-0.2, -0.15) is 0 Å². The van der Waals surface area contributed by atoms with Gasteiger partial charge in [-0.05, 0) is 41.5 Å². The summed E-state index contributed by atoms with van der Waals surface area (Å²) in [6, 6.07) is 11.2. The summed E-state index contributed by atoms with van der Waals surface area (Å²) < 4.78 is 11.4. The van der Waals surface area contributed by atoms with Crippen molar-refractivity contribution < 1.29 is 19.1 Å². The maximum Gasteiger partial charge on any atom is 0.339 e. The highest BCUT2D eigenvalue weighted by molar-refractivity contribution is 6.12. The number of hydrogen-bond acceptors (Lipinski definition) is 4. The zero-order valence-electron chi connectivity index (χ0n) is 20.3. The van der Waals surface area contributed by atoms with E-state index in [-0.39, 0.29) is 0 Å². The van der Waals surface area contributed by atoms with Gasteiger partial charge in [-0.3, -0.25) is 0 Å². The number of unbranched alkanes of at least 4 members (excludes halogenated alkanes) is 2. The molecule has 0 aliphatic heterocycles. The van der Waals surface area contributed by atoms with E-state index in [1.165, 1.54) is 0 Å². The summed E-state index contributed by atoms with van der Waals surface area (Å²) in [5.74, 6) is -0.204. The number of carbonyl (C=O) groups is 2. The lowest BCUT2D eigenvalue weighted by atomic mass is 9.98. The van der Waals surface area contributed by atoms with E-state index in [1.807, 2.05) is 30.3 Å². The van der Waals surface area contributed by atoms with Crippen LogP contribution < -0.4 is 0 Å². The smallest absolute Gasteiger partial charge is 0.339 e. The lowest BCUT2D eigenvalue weighted by Gasteiger charge is -2.18. The van der Waals surface area contributed by atoms with Crippen LogP contribution in [0.1, 0.15) is 99.8 Å². The number of hydrogen-bond donors (Lipinski definition) is 0. The van der Waals surface area contributed by atoms with Gasteiger partial charge >= 0.3 is 11.9 Å². The molecule has 2 aromatic rings. The first kappa shape index (κ1) is 25.9. The summed E-state index contributed by atoms with van der Waals surface area (Å²) in [6.45, 7) is 9.33. The lowest BCUT2D eigenvalue weighted by Crippen LogP contribution is -2.19. The minimum Gasteiger partial charge on any atom is -0.462 e. The Morgan fingerprint density at radius 2 is 1.31 bits per heavy atom. The summed E-state index contributed by atoms with van der Waals surface area (Å²) >= 11 is 0. The van der Waals surface area contributed by atoms with Crippen LogP contribution in [0.2, 0.25) is 0 Å². The highest BCUT2D eigenvalue weighted by Crippen LogP contribution is 2.25. The van der Waals surface area contributed by atoms with Crippen molar-refractivity contribution in [1.29, 1.82) is 0 Å². The molecule has 0 amide bonds. The second-order valence-corrected chi connectivity index (χ2v) is 8.74. The van der Waals surface area contributed by atoms with Gasteiger partial charge in [0.1, 0.15) is 0 Å². The SMILES string of the molecule is CCCCC(CC)COC(=O)c1ccc2ccccc2c1C(=O)OCC(CC)CCCC. The normalized spacial score (nSPS) is 13.0. The topological polar surface area (TPSA) is 52.6 Å². The second kappa shape index (κ2) is 13.9. The second-order valence-electron chi connectivity index (χ2n) is 8.74. The van der Waals surface area contributed by atoms with Crippen molar-refractivity contribution in [3.8, 4) is 0 Å². The Balaban J connectivity index is 2.23. The number of rotatable bonds is 14. The van der Waals surface area contributed by atoms with Crippen LogP contribution in [0, 0.1) is 11.8 Å². The van der Waals surface area contributed by atoms with Crippen molar-refractivity contribution in [2.45, 2.75) is 79.1 Å². The van der Waals surface area contributed by atoms with E-state index in [0.29, 0.717) is 36.2 Å². The molecule has 176 valence electrons. The van der Waals surface area contributed by atoms with Crippen molar-refractivity contribution in [3.63, 3.8) is 0 Å². The minimum absolute atomic E-state index is 0.292. The lowest BCUT2D eigenvalue weighted by molar-refractivity contribution is 0.0383. The van der Waals surface area contributed by atoms with Crippen LogP contribution in [0.5, 0.6) is 0 Å². The van der Waals surface area contributed by atoms with Gasteiger partial charge < -0.3 is 9.47 Å². The van der Waals surface area contributed by atoms with Gasteiger partial charge in [-0.25, -0.2) is 9.59 Å². The van der Waals surface area contributed by atoms with Crippen molar-refractivity contribution in [3.05, 3.63) is 47.5 Å². The van der Waals surface area contributed by atoms with Gasteiger partial charge in [-0.15, -0.1) is 0 Å². The molecule has 2 rings (SSSR count). The van der Waals surface area contributed by atoms with Crippen LogP contribution in [-0.4, -0.2) is 25.2 Å². The fourth-order valence-electron chi connectivity index (χ4n) is 3.99. The highest BCUT2D eigenvalue weighted by atomic mass is 16.5. The van der Waals surface area contributed by atoms with Gasteiger partial charge in [0, 0.05) is 0 Å². The van der Waals surface area contributed by atoms with E-state index in [9.17, 15) is 9.59 Å². The minimum atomic E-state index is -0.448. The Hall–Kier alpha value is -2.36. The summed E-state index contributed by atoms with van der Waals surface area (Å²) in [7, 11) is 0. The Labute approximate surface area is 193 Å². The van der Waals surface area contributed by atoms with Crippen LogP contribution in [0.15, 0.2) is 36.4 Å². The fraction of sp³-hybridized carbons (Fsp3) is 0.571. The first-order valence-corrected chi connectivity index (χ1v) is 12.4. The molecule has 4 nitrogen and oxygen atoms in total. The summed E-state index contributed by atoms with van der Waals surface area (Å²) in [4.78, 5) is 26.2. The predicted octanol–water partition coefficient (Wildman–Crippen LogP) is 7.59. The third kappa shape index (κ3) is 7.36. The number of fused-ring (bicyclic) bond motifs is 1. The molecule has 0 bridgehead atoms. The Kier molecular flexibility index (Phi) is 11.3. The maximum absolute atomic E-state index is 13.2. The molecule has 0 aliphatic rings.